The second kappa shape index (κ2) is 9.85. The number of hydrogen-bond donors (Lipinski definition) is 1. The number of hydrogen-bond acceptors (Lipinski definition) is 6. The van der Waals surface area contributed by atoms with Crippen molar-refractivity contribution in [3.8, 4) is 0 Å². The van der Waals surface area contributed by atoms with Gasteiger partial charge in [-0.05, 0) is 75.1 Å². The average Bonchev–Trinajstić information content (AvgIpc) is 3.52. The summed E-state index contributed by atoms with van der Waals surface area (Å²) in [6.45, 7) is 5.94. The lowest BCUT2D eigenvalue weighted by molar-refractivity contribution is -0.167. The Labute approximate surface area is 216 Å². The predicted octanol–water partition coefficient (Wildman–Crippen LogP) is 5.82. The highest BCUT2D eigenvalue weighted by molar-refractivity contribution is 6.31. The number of aliphatic hydroxyl groups is 1. The van der Waals surface area contributed by atoms with Gasteiger partial charge in [0.15, 0.2) is 5.82 Å². The number of nitrogens with zero attached hydrogens (tertiary/aromatic N) is 4. The van der Waals surface area contributed by atoms with Gasteiger partial charge >= 0.3 is 5.97 Å². The highest BCUT2D eigenvalue weighted by Crippen LogP contribution is 2.46. The molecule has 1 aromatic carbocycles. The van der Waals surface area contributed by atoms with Gasteiger partial charge < -0.3 is 9.84 Å². The molecular weight excluding hydrogens is 476 g/mol. The van der Waals surface area contributed by atoms with Gasteiger partial charge in [0.2, 0.25) is 0 Å². The molecule has 1 unspecified atom stereocenters. The molecule has 0 bridgehead atoms. The summed E-state index contributed by atoms with van der Waals surface area (Å²) in [6, 6.07) is 8.06. The number of benzene rings is 1. The normalized spacial score (nSPS) is 20.9. The van der Waals surface area contributed by atoms with Crippen molar-refractivity contribution in [3.63, 3.8) is 0 Å². The number of carbonyl (C=O) groups is 1. The molecular formula is C28H33ClN4O3. The fraction of sp³-hybridized carbons (Fsp3) is 0.500. The lowest BCUT2D eigenvalue weighted by Crippen LogP contribution is -2.46. The maximum absolute atomic E-state index is 13.3. The maximum Gasteiger partial charge on any atom is 0.338 e. The van der Waals surface area contributed by atoms with Crippen molar-refractivity contribution in [3.05, 3.63) is 69.0 Å². The molecule has 1 N–H and O–H groups in total. The molecule has 5 rings (SSSR count). The van der Waals surface area contributed by atoms with E-state index in [1.807, 2.05) is 32.0 Å². The third-order valence-electron chi connectivity index (χ3n) is 7.78. The van der Waals surface area contributed by atoms with E-state index in [9.17, 15) is 9.90 Å². The van der Waals surface area contributed by atoms with Crippen molar-refractivity contribution in [1.82, 2.24) is 19.6 Å². The molecule has 8 heteroatoms. The van der Waals surface area contributed by atoms with E-state index in [-0.39, 0.29) is 23.7 Å². The number of aromatic nitrogens is 4. The van der Waals surface area contributed by atoms with Gasteiger partial charge in [0.25, 0.3) is 5.78 Å². The van der Waals surface area contributed by atoms with E-state index in [1.54, 1.807) is 4.52 Å². The summed E-state index contributed by atoms with van der Waals surface area (Å²) in [5, 5.41) is 16.5. The maximum atomic E-state index is 13.3. The number of halogens is 1. The minimum Gasteiger partial charge on any atom is -0.512 e. The molecule has 3 aromatic rings. The fourth-order valence-corrected chi connectivity index (χ4v) is 6.09. The molecule has 7 nitrogen and oxygen atoms in total. The average molecular weight is 509 g/mol. The molecule has 1 saturated carbocycles. The summed E-state index contributed by atoms with van der Waals surface area (Å²) in [5.74, 6) is 0.808. The highest BCUT2D eigenvalue weighted by Gasteiger charge is 2.48. The molecule has 1 aliphatic heterocycles. The summed E-state index contributed by atoms with van der Waals surface area (Å²) in [7, 11) is 0. The molecule has 36 heavy (non-hydrogen) atoms. The summed E-state index contributed by atoms with van der Waals surface area (Å²) >= 11 is 6.31. The Morgan fingerprint density at radius 1 is 1.19 bits per heavy atom. The predicted molar refractivity (Wildman–Crippen MR) is 138 cm³/mol. The van der Waals surface area contributed by atoms with Crippen molar-refractivity contribution < 1.29 is 14.6 Å². The summed E-state index contributed by atoms with van der Waals surface area (Å²) in [6.07, 6.45) is 7.01. The van der Waals surface area contributed by atoms with Gasteiger partial charge in [-0.3, -0.25) is 0 Å². The molecule has 2 aliphatic rings. The van der Waals surface area contributed by atoms with Crippen LogP contribution in [0.5, 0.6) is 0 Å². The molecule has 2 aromatic heterocycles. The van der Waals surface area contributed by atoms with Gasteiger partial charge in [0, 0.05) is 29.3 Å². The van der Waals surface area contributed by atoms with Gasteiger partial charge in [-0.1, -0.05) is 43.5 Å². The first-order valence-electron chi connectivity index (χ1n) is 12.9. The lowest BCUT2D eigenvalue weighted by atomic mass is 9.76. The second-order valence-electron chi connectivity index (χ2n) is 10.3. The Hall–Kier alpha value is -2.93. The molecule has 1 fully saturated rings. The second-order valence-corrected chi connectivity index (χ2v) is 10.7. The van der Waals surface area contributed by atoms with Gasteiger partial charge in [-0.2, -0.15) is 4.98 Å². The van der Waals surface area contributed by atoms with Crippen LogP contribution in [0.2, 0.25) is 5.02 Å². The van der Waals surface area contributed by atoms with Gasteiger partial charge in [-0.25, -0.2) is 14.3 Å². The Kier molecular flexibility index (Phi) is 6.77. The van der Waals surface area contributed by atoms with E-state index in [4.69, 9.17) is 16.3 Å². The van der Waals surface area contributed by atoms with Crippen LogP contribution in [0.3, 0.4) is 0 Å². The minimum absolute atomic E-state index is 0.100. The zero-order valence-corrected chi connectivity index (χ0v) is 21.9. The van der Waals surface area contributed by atoms with Crippen LogP contribution in [0, 0.1) is 19.8 Å². The Morgan fingerprint density at radius 2 is 1.97 bits per heavy atom. The van der Waals surface area contributed by atoms with Crippen molar-refractivity contribution in [2.75, 3.05) is 0 Å². The van der Waals surface area contributed by atoms with E-state index in [0.717, 1.165) is 60.5 Å². The Morgan fingerprint density at radius 3 is 2.69 bits per heavy atom. The van der Waals surface area contributed by atoms with Gasteiger partial charge in [0.05, 0.1) is 5.57 Å². The number of fused-ring (bicyclic) bond motifs is 1. The van der Waals surface area contributed by atoms with E-state index in [0.29, 0.717) is 24.4 Å². The molecule has 1 atom stereocenters. The largest absolute Gasteiger partial charge is 0.512 e. The molecule has 0 radical (unpaired) electrons. The first kappa shape index (κ1) is 24.8. The van der Waals surface area contributed by atoms with Crippen molar-refractivity contribution in [2.45, 2.75) is 84.2 Å². The van der Waals surface area contributed by atoms with Crippen LogP contribution in [0.25, 0.3) is 5.78 Å². The number of esters is 1. The van der Waals surface area contributed by atoms with Crippen LogP contribution in [-0.4, -0.2) is 36.3 Å². The standard InChI is InChI=1S/C28H33ClN4O3/c1-4-20-14-19(9-10-23(20)29)11-12-28(21-7-5-6-8-21)16-24(34)22(26(35)36-28)15-25-31-27-30-17(2)13-18(3)33(27)32-25/h9-10,13-14,21,34H,4-8,11-12,15-16H2,1-3H3. The Balaban J connectivity index is 1.40. The van der Waals surface area contributed by atoms with Crippen LogP contribution in [0.4, 0.5) is 0 Å². The molecule has 190 valence electrons. The van der Waals surface area contributed by atoms with Crippen molar-refractivity contribution >= 4 is 23.3 Å². The van der Waals surface area contributed by atoms with Crippen LogP contribution < -0.4 is 0 Å². The lowest BCUT2D eigenvalue weighted by Gasteiger charge is -2.41. The van der Waals surface area contributed by atoms with Crippen LogP contribution in [0.1, 0.15) is 73.8 Å². The zero-order valence-electron chi connectivity index (χ0n) is 21.2. The first-order valence-corrected chi connectivity index (χ1v) is 13.3. The molecule has 0 saturated heterocycles. The summed E-state index contributed by atoms with van der Waals surface area (Å²) in [5.41, 5.74) is 3.60. The number of aliphatic hydroxyl groups excluding tert-OH is 1. The highest BCUT2D eigenvalue weighted by atomic mass is 35.5. The smallest absolute Gasteiger partial charge is 0.338 e. The van der Waals surface area contributed by atoms with Crippen LogP contribution in [0.15, 0.2) is 35.6 Å². The third kappa shape index (κ3) is 4.73. The van der Waals surface area contributed by atoms with E-state index in [1.165, 1.54) is 5.56 Å². The van der Waals surface area contributed by atoms with Gasteiger partial charge in [-0.15, -0.1) is 5.10 Å². The van der Waals surface area contributed by atoms with Crippen LogP contribution in [-0.2, 0) is 28.8 Å². The monoisotopic (exact) mass is 508 g/mol. The molecule has 0 spiro atoms. The fourth-order valence-electron chi connectivity index (χ4n) is 5.84. The molecule has 1 aliphatic carbocycles. The number of rotatable bonds is 7. The zero-order chi connectivity index (χ0) is 25.4. The van der Waals surface area contributed by atoms with Crippen molar-refractivity contribution in [2.24, 2.45) is 5.92 Å². The van der Waals surface area contributed by atoms with Gasteiger partial charge in [0.1, 0.15) is 11.4 Å². The SMILES string of the molecule is CCc1cc(CCC2(C3CCCC3)CC(O)=C(Cc3nc4nc(C)cc(C)n4n3)C(=O)O2)ccc1Cl. The Bertz CT molecular complexity index is 1340. The summed E-state index contributed by atoms with van der Waals surface area (Å²) in [4.78, 5) is 22.2. The van der Waals surface area contributed by atoms with Crippen molar-refractivity contribution in [1.29, 1.82) is 0 Å². The third-order valence-corrected chi connectivity index (χ3v) is 8.15. The quantitative estimate of drug-likeness (QED) is 0.404. The van der Waals surface area contributed by atoms with E-state index in [2.05, 4.69) is 28.1 Å². The van der Waals surface area contributed by atoms with E-state index >= 15 is 0 Å². The number of cyclic esters (lactones) is 1. The number of aryl methyl sites for hydroxylation is 4. The van der Waals surface area contributed by atoms with Crippen LogP contribution >= 0.6 is 11.6 Å². The minimum atomic E-state index is -0.700. The summed E-state index contributed by atoms with van der Waals surface area (Å²) < 4.78 is 7.93. The first-order chi connectivity index (χ1) is 17.3. The topological polar surface area (TPSA) is 89.6 Å². The number of ether oxygens (including phenoxy) is 1. The number of carbonyl (C=O) groups excluding carboxylic acids is 1. The molecule has 0 amide bonds. The molecule has 3 heterocycles. The van der Waals surface area contributed by atoms with E-state index < -0.39 is 11.6 Å².